The highest BCUT2D eigenvalue weighted by Gasteiger charge is 2.29. The quantitative estimate of drug-likeness (QED) is 0.404. The summed E-state index contributed by atoms with van der Waals surface area (Å²) in [5, 5.41) is 7.04. The van der Waals surface area contributed by atoms with E-state index >= 15 is 0 Å². The number of guanidine groups is 1. The van der Waals surface area contributed by atoms with Gasteiger partial charge < -0.3 is 10.6 Å². The lowest BCUT2D eigenvalue weighted by atomic mass is 10.2. The molecule has 5 heteroatoms. The minimum absolute atomic E-state index is 0. The molecule has 1 aromatic carbocycles. The maximum Gasteiger partial charge on any atom is 0.191 e. The third-order valence-electron chi connectivity index (χ3n) is 4.82. The lowest BCUT2D eigenvalue weighted by Gasteiger charge is -2.21. The van der Waals surface area contributed by atoms with Crippen molar-refractivity contribution in [3.05, 3.63) is 35.9 Å². The Kier molecular flexibility index (Phi) is 7.81. The molecule has 4 nitrogen and oxygen atoms in total. The van der Waals surface area contributed by atoms with Crippen LogP contribution in [0.15, 0.2) is 35.3 Å². The topological polar surface area (TPSA) is 39.7 Å². The summed E-state index contributed by atoms with van der Waals surface area (Å²) in [6.45, 7) is 8.49. The lowest BCUT2D eigenvalue weighted by molar-refractivity contribution is 0.258. The summed E-state index contributed by atoms with van der Waals surface area (Å²) in [5.74, 6) is 1.83. The molecule has 0 amide bonds. The second-order valence-electron chi connectivity index (χ2n) is 7.00. The van der Waals surface area contributed by atoms with Crippen molar-refractivity contribution < 1.29 is 0 Å². The van der Waals surface area contributed by atoms with Crippen LogP contribution in [-0.4, -0.2) is 42.6 Å². The first-order valence-electron chi connectivity index (χ1n) is 9.07. The lowest BCUT2D eigenvalue weighted by Crippen LogP contribution is -2.44. The fraction of sp³-hybridized carbons (Fsp3) is 0.632. The molecule has 3 rings (SSSR count). The van der Waals surface area contributed by atoms with Gasteiger partial charge in [0, 0.05) is 38.3 Å². The number of nitrogens with zero attached hydrogens (tertiary/aromatic N) is 2. The monoisotopic (exact) mass is 442 g/mol. The Morgan fingerprint density at radius 1 is 1.25 bits per heavy atom. The number of halogens is 1. The average molecular weight is 442 g/mol. The van der Waals surface area contributed by atoms with Gasteiger partial charge in [0.1, 0.15) is 0 Å². The maximum absolute atomic E-state index is 4.75. The highest BCUT2D eigenvalue weighted by molar-refractivity contribution is 14.0. The predicted octanol–water partition coefficient (Wildman–Crippen LogP) is 3.23. The summed E-state index contributed by atoms with van der Waals surface area (Å²) in [6.07, 6.45) is 3.89. The molecule has 1 aliphatic heterocycles. The van der Waals surface area contributed by atoms with Crippen molar-refractivity contribution >= 4 is 29.9 Å². The van der Waals surface area contributed by atoms with Crippen LogP contribution in [0, 0.1) is 5.92 Å². The third kappa shape index (κ3) is 5.92. The number of benzene rings is 1. The zero-order valence-electron chi connectivity index (χ0n) is 14.9. The number of hydrogen-bond acceptors (Lipinski definition) is 2. The van der Waals surface area contributed by atoms with E-state index in [-0.39, 0.29) is 24.0 Å². The van der Waals surface area contributed by atoms with Crippen LogP contribution in [0.5, 0.6) is 0 Å². The molecule has 2 unspecified atom stereocenters. The SMILES string of the molecule is CCNC(=NCC1CC1)NC1CC(C)N(Cc2ccccc2)C1.I. The van der Waals surface area contributed by atoms with Crippen molar-refractivity contribution in [2.45, 2.75) is 51.7 Å². The normalized spacial score (nSPS) is 24.5. The summed E-state index contributed by atoms with van der Waals surface area (Å²) < 4.78 is 0. The van der Waals surface area contributed by atoms with Crippen LogP contribution in [0.2, 0.25) is 0 Å². The molecule has 1 aliphatic carbocycles. The molecular formula is C19H31IN4. The van der Waals surface area contributed by atoms with Crippen molar-refractivity contribution in [2.24, 2.45) is 10.9 Å². The molecule has 1 saturated heterocycles. The molecule has 1 heterocycles. The number of nitrogens with one attached hydrogen (secondary N) is 2. The van der Waals surface area contributed by atoms with Gasteiger partial charge in [-0.25, -0.2) is 0 Å². The van der Waals surface area contributed by atoms with Crippen molar-refractivity contribution in [3.63, 3.8) is 0 Å². The van der Waals surface area contributed by atoms with Crippen LogP contribution < -0.4 is 10.6 Å². The number of hydrogen-bond donors (Lipinski definition) is 2. The second kappa shape index (κ2) is 9.61. The van der Waals surface area contributed by atoms with Gasteiger partial charge in [-0.15, -0.1) is 24.0 Å². The summed E-state index contributed by atoms with van der Waals surface area (Å²) in [5.41, 5.74) is 1.40. The van der Waals surface area contributed by atoms with Crippen LogP contribution in [0.1, 0.15) is 38.7 Å². The van der Waals surface area contributed by atoms with Crippen molar-refractivity contribution in [3.8, 4) is 0 Å². The standard InChI is InChI=1S/C19H30N4.HI/c1-3-20-19(21-12-16-9-10-16)22-18-11-15(2)23(14-18)13-17-7-5-4-6-8-17;/h4-8,15-16,18H,3,9-14H2,1-2H3,(H2,20,21,22);1H. The molecule has 2 aliphatic rings. The third-order valence-corrected chi connectivity index (χ3v) is 4.82. The molecule has 2 N–H and O–H groups in total. The number of rotatable bonds is 6. The Balaban J connectivity index is 0.00000208. The van der Waals surface area contributed by atoms with Gasteiger partial charge in [-0.1, -0.05) is 30.3 Å². The summed E-state index contributed by atoms with van der Waals surface area (Å²) in [4.78, 5) is 7.32. The Hall–Kier alpha value is -0.820. The van der Waals surface area contributed by atoms with Crippen LogP contribution in [0.4, 0.5) is 0 Å². The fourth-order valence-corrected chi connectivity index (χ4v) is 3.28. The zero-order valence-corrected chi connectivity index (χ0v) is 17.2. The molecule has 2 fully saturated rings. The number of aliphatic imine (C=N–C) groups is 1. The van der Waals surface area contributed by atoms with Gasteiger partial charge >= 0.3 is 0 Å². The number of likely N-dealkylation sites (tertiary alicyclic amines) is 1. The van der Waals surface area contributed by atoms with E-state index in [0.717, 1.165) is 38.1 Å². The molecule has 0 spiro atoms. The summed E-state index contributed by atoms with van der Waals surface area (Å²) >= 11 is 0. The Labute approximate surface area is 163 Å². The molecule has 24 heavy (non-hydrogen) atoms. The Morgan fingerprint density at radius 3 is 2.67 bits per heavy atom. The van der Waals surface area contributed by atoms with Crippen LogP contribution in [0.3, 0.4) is 0 Å². The molecule has 134 valence electrons. The molecule has 0 bridgehead atoms. The Morgan fingerprint density at radius 2 is 2.00 bits per heavy atom. The first kappa shape index (κ1) is 19.5. The van der Waals surface area contributed by atoms with Gasteiger partial charge in [0.05, 0.1) is 0 Å². The van der Waals surface area contributed by atoms with Crippen LogP contribution in [0.25, 0.3) is 0 Å². The smallest absolute Gasteiger partial charge is 0.191 e. The van der Waals surface area contributed by atoms with Gasteiger partial charge in [0.2, 0.25) is 0 Å². The van der Waals surface area contributed by atoms with Gasteiger partial charge in [-0.05, 0) is 44.6 Å². The highest BCUT2D eigenvalue weighted by Crippen LogP contribution is 2.28. The van der Waals surface area contributed by atoms with E-state index in [0.29, 0.717) is 12.1 Å². The van der Waals surface area contributed by atoms with Crippen molar-refractivity contribution in [2.75, 3.05) is 19.6 Å². The molecule has 1 saturated carbocycles. The minimum Gasteiger partial charge on any atom is -0.357 e. The molecule has 2 atom stereocenters. The van der Waals surface area contributed by atoms with Gasteiger partial charge in [-0.2, -0.15) is 0 Å². The first-order chi connectivity index (χ1) is 11.2. The van der Waals surface area contributed by atoms with E-state index in [1.165, 1.54) is 24.8 Å². The van der Waals surface area contributed by atoms with Gasteiger partial charge in [-0.3, -0.25) is 9.89 Å². The molecule has 0 radical (unpaired) electrons. The van der Waals surface area contributed by atoms with Gasteiger partial charge in [0.25, 0.3) is 0 Å². The summed E-state index contributed by atoms with van der Waals surface area (Å²) in [6, 6.07) is 11.9. The first-order valence-corrected chi connectivity index (χ1v) is 9.07. The Bertz CT molecular complexity index is 515. The predicted molar refractivity (Wildman–Crippen MR) is 112 cm³/mol. The van der Waals surface area contributed by atoms with Crippen molar-refractivity contribution in [1.82, 2.24) is 15.5 Å². The minimum atomic E-state index is 0. The molecule has 0 aromatic heterocycles. The van der Waals surface area contributed by atoms with Crippen LogP contribution >= 0.6 is 24.0 Å². The van der Waals surface area contributed by atoms with E-state index in [2.05, 4.69) is 59.7 Å². The zero-order chi connectivity index (χ0) is 16.1. The van der Waals surface area contributed by atoms with E-state index in [4.69, 9.17) is 4.99 Å². The van der Waals surface area contributed by atoms with Gasteiger partial charge in [0.15, 0.2) is 5.96 Å². The van der Waals surface area contributed by atoms with E-state index in [9.17, 15) is 0 Å². The summed E-state index contributed by atoms with van der Waals surface area (Å²) in [7, 11) is 0. The van der Waals surface area contributed by atoms with E-state index in [1.54, 1.807) is 0 Å². The van der Waals surface area contributed by atoms with E-state index in [1.807, 2.05) is 0 Å². The van der Waals surface area contributed by atoms with Crippen molar-refractivity contribution in [1.29, 1.82) is 0 Å². The average Bonchev–Trinajstić information content (AvgIpc) is 3.31. The largest absolute Gasteiger partial charge is 0.357 e. The second-order valence-corrected chi connectivity index (χ2v) is 7.00. The van der Waals surface area contributed by atoms with E-state index < -0.39 is 0 Å². The molecule has 1 aromatic rings. The fourth-order valence-electron chi connectivity index (χ4n) is 3.28. The van der Waals surface area contributed by atoms with Crippen LogP contribution in [-0.2, 0) is 6.54 Å². The maximum atomic E-state index is 4.75. The highest BCUT2D eigenvalue weighted by atomic mass is 127. The molecular weight excluding hydrogens is 411 g/mol.